The standard InChI is InChI=1S/C23H25N3O3S/c1-27-19-10-8-17(9-11-19)22-24-25-23(26(22)18-5-3-2-4-6-18)30-14-16-7-12-20-21(13-16)29-15-28-20/h7-13,18H,2-6,14-15H2,1H3. The van der Waals surface area contributed by atoms with Crippen LogP contribution in [0.25, 0.3) is 11.4 Å². The molecule has 1 aliphatic carbocycles. The molecule has 0 saturated heterocycles. The molecule has 2 aromatic carbocycles. The average molecular weight is 424 g/mol. The highest BCUT2D eigenvalue weighted by atomic mass is 32.2. The summed E-state index contributed by atoms with van der Waals surface area (Å²) in [6, 6.07) is 14.7. The number of hydrogen-bond acceptors (Lipinski definition) is 6. The predicted molar refractivity (Wildman–Crippen MR) is 116 cm³/mol. The van der Waals surface area contributed by atoms with E-state index >= 15 is 0 Å². The molecule has 2 heterocycles. The van der Waals surface area contributed by atoms with E-state index in [0.717, 1.165) is 39.5 Å². The summed E-state index contributed by atoms with van der Waals surface area (Å²) in [6.45, 7) is 0.299. The largest absolute Gasteiger partial charge is 0.497 e. The molecule has 0 radical (unpaired) electrons. The molecule has 0 N–H and O–H groups in total. The Kier molecular flexibility index (Phi) is 5.53. The lowest BCUT2D eigenvalue weighted by Crippen LogP contribution is -2.15. The minimum atomic E-state index is 0.299. The van der Waals surface area contributed by atoms with E-state index in [4.69, 9.17) is 14.2 Å². The van der Waals surface area contributed by atoms with E-state index in [-0.39, 0.29) is 0 Å². The van der Waals surface area contributed by atoms with Crippen LogP contribution in [0.5, 0.6) is 17.2 Å². The normalized spacial score (nSPS) is 16.0. The number of fused-ring (bicyclic) bond motifs is 1. The van der Waals surface area contributed by atoms with Gasteiger partial charge in [-0.05, 0) is 54.8 Å². The number of rotatable bonds is 6. The van der Waals surface area contributed by atoms with Gasteiger partial charge in [-0.1, -0.05) is 37.1 Å². The number of aromatic nitrogens is 3. The first-order valence-corrected chi connectivity index (χ1v) is 11.4. The number of nitrogens with zero attached hydrogens (tertiary/aromatic N) is 3. The second-order valence-electron chi connectivity index (χ2n) is 7.67. The molecule has 0 unspecified atom stereocenters. The number of benzene rings is 2. The predicted octanol–water partition coefficient (Wildman–Crippen LogP) is 5.48. The first-order chi connectivity index (χ1) is 14.8. The van der Waals surface area contributed by atoms with Crippen LogP contribution in [-0.2, 0) is 5.75 Å². The Morgan fingerprint density at radius 2 is 1.80 bits per heavy atom. The van der Waals surface area contributed by atoms with E-state index in [2.05, 4.69) is 39.0 Å². The molecule has 1 saturated carbocycles. The first-order valence-electron chi connectivity index (χ1n) is 10.4. The molecule has 0 spiro atoms. The smallest absolute Gasteiger partial charge is 0.231 e. The summed E-state index contributed by atoms with van der Waals surface area (Å²) in [4.78, 5) is 0. The fourth-order valence-corrected chi connectivity index (χ4v) is 5.11. The van der Waals surface area contributed by atoms with E-state index < -0.39 is 0 Å². The van der Waals surface area contributed by atoms with Crippen LogP contribution in [0.4, 0.5) is 0 Å². The molecule has 30 heavy (non-hydrogen) atoms. The van der Waals surface area contributed by atoms with E-state index in [1.807, 2.05) is 18.2 Å². The van der Waals surface area contributed by atoms with Crippen LogP contribution in [0.15, 0.2) is 47.6 Å². The maximum atomic E-state index is 5.52. The van der Waals surface area contributed by atoms with Gasteiger partial charge in [0.2, 0.25) is 6.79 Å². The molecule has 0 amide bonds. The highest BCUT2D eigenvalue weighted by Gasteiger charge is 2.24. The third-order valence-corrected chi connectivity index (χ3v) is 6.77. The third-order valence-electron chi connectivity index (χ3n) is 5.76. The molecule has 0 bridgehead atoms. The fraction of sp³-hybridized carbons (Fsp3) is 0.391. The molecule has 6 nitrogen and oxygen atoms in total. The highest BCUT2D eigenvalue weighted by Crippen LogP contribution is 2.38. The van der Waals surface area contributed by atoms with Gasteiger partial charge in [-0.25, -0.2) is 0 Å². The van der Waals surface area contributed by atoms with Crippen molar-refractivity contribution in [1.82, 2.24) is 14.8 Å². The van der Waals surface area contributed by atoms with Crippen molar-refractivity contribution >= 4 is 11.8 Å². The molecule has 1 aromatic heterocycles. The SMILES string of the molecule is COc1ccc(-c2nnc(SCc3ccc4c(c3)OCO4)n2C2CCCCC2)cc1. The van der Waals surface area contributed by atoms with E-state index in [1.54, 1.807) is 18.9 Å². The summed E-state index contributed by atoms with van der Waals surface area (Å²) >= 11 is 1.73. The van der Waals surface area contributed by atoms with Crippen molar-refractivity contribution < 1.29 is 14.2 Å². The van der Waals surface area contributed by atoms with E-state index in [0.29, 0.717) is 12.8 Å². The Hall–Kier alpha value is -2.67. The Bertz CT molecular complexity index is 1010. The summed E-state index contributed by atoms with van der Waals surface area (Å²) in [5, 5.41) is 10.2. The quantitative estimate of drug-likeness (QED) is 0.489. The van der Waals surface area contributed by atoms with Crippen molar-refractivity contribution in [3.63, 3.8) is 0 Å². The van der Waals surface area contributed by atoms with Gasteiger partial charge in [-0.15, -0.1) is 10.2 Å². The Labute approximate surface area is 180 Å². The van der Waals surface area contributed by atoms with Crippen LogP contribution in [0.3, 0.4) is 0 Å². The second-order valence-corrected chi connectivity index (χ2v) is 8.62. The minimum Gasteiger partial charge on any atom is -0.497 e. The van der Waals surface area contributed by atoms with Gasteiger partial charge >= 0.3 is 0 Å². The summed E-state index contributed by atoms with van der Waals surface area (Å²) in [7, 11) is 1.68. The van der Waals surface area contributed by atoms with Crippen LogP contribution in [-0.4, -0.2) is 28.7 Å². The fourth-order valence-electron chi connectivity index (χ4n) is 4.16. The van der Waals surface area contributed by atoms with Crippen molar-refractivity contribution in [2.24, 2.45) is 0 Å². The lowest BCUT2D eigenvalue weighted by atomic mass is 9.95. The number of hydrogen-bond donors (Lipinski definition) is 0. The van der Waals surface area contributed by atoms with Crippen molar-refractivity contribution in [2.45, 2.75) is 49.1 Å². The van der Waals surface area contributed by atoms with Crippen molar-refractivity contribution in [1.29, 1.82) is 0 Å². The van der Waals surface area contributed by atoms with Gasteiger partial charge in [-0.3, -0.25) is 4.57 Å². The molecule has 3 aromatic rings. The van der Waals surface area contributed by atoms with Gasteiger partial charge in [0.15, 0.2) is 22.5 Å². The van der Waals surface area contributed by atoms with Crippen LogP contribution in [0, 0.1) is 0 Å². The topological polar surface area (TPSA) is 58.4 Å². The highest BCUT2D eigenvalue weighted by molar-refractivity contribution is 7.98. The Morgan fingerprint density at radius 3 is 2.60 bits per heavy atom. The second kappa shape index (κ2) is 8.60. The summed E-state index contributed by atoms with van der Waals surface area (Å²) < 4.78 is 18.6. The van der Waals surface area contributed by atoms with Crippen LogP contribution in [0.2, 0.25) is 0 Å². The Morgan fingerprint density at radius 1 is 1.00 bits per heavy atom. The van der Waals surface area contributed by atoms with Crippen molar-refractivity contribution in [3.05, 3.63) is 48.0 Å². The molecule has 2 aliphatic rings. The lowest BCUT2D eigenvalue weighted by Gasteiger charge is -2.25. The molecule has 5 rings (SSSR count). The number of ether oxygens (including phenoxy) is 3. The zero-order chi connectivity index (χ0) is 20.3. The summed E-state index contributed by atoms with van der Waals surface area (Å²) in [5.41, 5.74) is 2.26. The van der Waals surface area contributed by atoms with Gasteiger partial charge in [0.05, 0.1) is 7.11 Å². The summed E-state index contributed by atoms with van der Waals surface area (Å²) in [5.74, 6) is 4.23. The zero-order valence-electron chi connectivity index (χ0n) is 17.0. The Balaban J connectivity index is 1.42. The average Bonchev–Trinajstić information content (AvgIpc) is 3.45. The molecule has 156 valence electrons. The third kappa shape index (κ3) is 3.86. The molecule has 1 fully saturated rings. The molecular weight excluding hydrogens is 398 g/mol. The molecule has 0 atom stereocenters. The van der Waals surface area contributed by atoms with Gasteiger partial charge in [0.1, 0.15) is 5.75 Å². The van der Waals surface area contributed by atoms with Crippen molar-refractivity contribution in [2.75, 3.05) is 13.9 Å². The summed E-state index contributed by atoms with van der Waals surface area (Å²) in [6.07, 6.45) is 6.20. The van der Waals surface area contributed by atoms with E-state index in [1.165, 1.54) is 37.7 Å². The van der Waals surface area contributed by atoms with Gasteiger partial charge < -0.3 is 14.2 Å². The maximum Gasteiger partial charge on any atom is 0.231 e. The van der Waals surface area contributed by atoms with Gasteiger partial charge in [-0.2, -0.15) is 0 Å². The minimum absolute atomic E-state index is 0.299. The zero-order valence-corrected chi connectivity index (χ0v) is 17.9. The van der Waals surface area contributed by atoms with Crippen LogP contribution in [0.1, 0.15) is 43.7 Å². The van der Waals surface area contributed by atoms with E-state index in [9.17, 15) is 0 Å². The number of methoxy groups -OCH3 is 1. The van der Waals surface area contributed by atoms with Crippen LogP contribution >= 0.6 is 11.8 Å². The first kappa shape index (κ1) is 19.3. The van der Waals surface area contributed by atoms with Gasteiger partial charge in [0.25, 0.3) is 0 Å². The lowest BCUT2D eigenvalue weighted by molar-refractivity contribution is 0.174. The van der Waals surface area contributed by atoms with Crippen LogP contribution < -0.4 is 14.2 Å². The monoisotopic (exact) mass is 423 g/mol. The molecule has 1 aliphatic heterocycles. The maximum absolute atomic E-state index is 5.52. The van der Waals surface area contributed by atoms with Gasteiger partial charge in [0, 0.05) is 17.4 Å². The van der Waals surface area contributed by atoms with Crippen molar-refractivity contribution in [3.8, 4) is 28.6 Å². The number of thioether (sulfide) groups is 1. The molecule has 7 heteroatoms. The molecular formula is C23H25N3O3S.